The first-order valence-electron chi connectivity index (χ1n) is 10.9. The van der Waals surface area contributed by atoms with E-state index in [1.807, 2.05) is 18.2 Å². The van der Waals surface area contributed by atoms with Gasteiger partial charge < -0.3 is 20.1 Å². The van der Waals surface area contributed by atoms with Crippen molar-refractivity contribution in [2.75, 3.05) is 6.61 Å². The van der Waals surface area contributed by atoms with Gasteiger partial charge in [0.1, 0.15) is 5.75 Å². The van der Waals surface area contributed by atoms with Gasteiger partial charge in [-0.1, -0.05) is 43.7 Å². The number of nitrogens with two attached hydrogens (primary N) is 1. The first-order chi connectivity index (χ1) is 15.0. The van der Waals surface area contributed by atoms with E-state index in [0.717, 1.165) is 47.8 Å². The number of carbonyl (C=O) groups is 2. The summed E-state index contributed by atoms with van der Waals surface area (Å²) < 4.78 is 7.93. The third-order valence-corrected chi connectivity index (χ3v) is 6.23. The van der Waals surface area contributed by atoms with Gasteiger partial charge in [0, 0.05) is 17.6 Å². The van der Waals surface area contributed by atoms with E-state index < -0.39 is 18.5 Å². The van der Waals surface area contributed by atoms with Crippen molar-refractivity contribution in [1.29, 1.82) is 0 Å². The van der Waals surface area contributed by atoms with Crippen LogP contribution in [0.5, 0.6) is 5.75 Å². The first-order valence-corrected chi connectivity index (χ1v) is 10.9. The van der Waals surface area contributed by atoms with Crippen LogP contribution in [-0.4, -0.2) is 28.2 Å². The van der Waals surface area contributed by atoms with Gasteiger partial charge >= 0.3 is 5.97 Å². The van der Waals surface area contributed by atoms with Gasteiger partial charge in [0.15, 0.2) is 6.61 Å². The Morgan fingerprint density at radius 3 is 2.61 bits per heavy atom. The molecule has 0 saturated carbocycles. The van der Waals surface area contributed by atoms with Crippen molar-refractivity contribution < 1.29 is 19.4 Å². The van der Waals surface area contributed by atoms with Crippen LogP contribution in [0.25, 0.3) is 10.9 Å². The summed E-state index contributed by atoms with van der Waals surface area (Å²) in [6.45, 7) is 2.40. The fourth-order valence-corrected chi connectivity index (χ4v) is 4.83. The molecule has 31 heavy (non-hydrogen) atoms. The van der Waals surface area contributed by atoms with Crippen LogP contribution in [0, 0.1) is 0 Å². The zero-order valence-corrected chi connectivity index (χ0v) is 17.8. The number of nitrogens with zero attached hydrogens (tertiary/aromatic N) is 1. The lowest BCUT2D eigenvalue weighted by Gasteiger charge is -2.15. The Morgan fingerprint density at radius 2 is 1.90 bits per heavy atom. The molecule has 3 N–H and O–H groups in total. The molecule has 6 nitrogen and oxygen atoms in total. The summed E-state index contributed by atoms with van der Waals surface area (Å²) in [5.41, 5.74) is 11.3. The summed E-state index contributed by atoms with van der Waals surface area (Å²) in [7, 11) is 0. The van der Waals surface area contributed by atoms with Gasteiger partial charge in [-0.25, -0.2) is 4.79 Å². The minimum atomic E-state index is -1.04. The maximum absolute atomic E-state index is 12.4. The van der Waals surface area contributed by atoms with Crippen molar-refractivity contribution in [2.45, 2.75) is 51.5 Å². The topological polar surface area (TPSA) is 94.6 Å². The molecule has 1 amide bonds. The Labute approximate surface area is 181 Å². The average molecular weight is 421 g/mol. The van der Waals surface area contributed by atoms with Crippen LogP contribution in [-0.2, 0) is 29.0 Å². The molecule has 4 rings (SSSR count). The summed E-state index contributed by atoms with van der Waals surface area (Å²) in [4.78, 5) is 23.6. The molecule has 0 bridgehead atoms. The van der Waals surface area contributed by atoms with Gasteiger partial charge in [-0.05, 0) is 54.5 Å². The Balaban J connectivity index is 1.95. The van der Waals surface area contributed by atoms with E-state index in [0.29, 0.717) is 18.7 Å². The van der Waals surface area contributed by atoms with Crippen LogP contribution in [0.1, 0.15) is 54.5 Å². The molecular formula is C25H28N2O4. The van der Waals surface area contributed by atoms with E-state index in [2.05, 4.69) is 29.7 Å². The van der Waals surface area contributed by atoms with Crippen molar-refractivity contribution in [3.63, 3.8) is 0 Å². The number of benzene rings is 2. The van der Waals surface area contributed by atoms with E-state index in [9.17, 15) is 9.59 Å². The predicted octanol–water partition coefficient (Wildman–Crippen LogP) is 4.01. The van der Waals surface area contributed by atoms with Crippen molar-refractivity contribution in [3.8, 4) is 5.75 Å². The summed E-state index contributed by atoms with van der Waals surface area (Å²) in [6.07, 6.45) is 4.39. The van der Waals surface area contributed by atoms with Gasteiger partial charge in [0.25, 0.3) is 0 Å². The lowest BCUT2D eigenvalue weighted by Crippen LogP contribution is -2.21. The minimum absolute atomic E-state index is 0.343. The average Bonchev–Trinajstić information content (AvgIpc) is 2.91. The van der Waals surface area contributed by atoms with Gasteiger partial charge in [-0.3, -0.25) is 4.79 Å². The number of primary amides is 1. The molecule has 1 aromatic heterocycles. The molecule has 2 aromatic carbocycles. The summed E-state index contributed by atoms with van der Waals surface area (Å²) in [6, 6.07) is 14.1. The number of fused-ring (bicyclic) bond motifs is 3. The Morgan fingerprint density at radius 1 is 1.13 bits per heavy atom. The Kier molecular flexibility index (Phi) is 5.98. The lowest BCUT2D eigenvalue weighted by atomic mass is 9.92. The number of carboxylic acid groups (broad SMARTS) is 1. The number of rotatable bonds is 7. The van der Waals surface area contributed by atoms with Crippen molar-refractivity contribution in [3.05, 3.63) is 64.8 Å². The molecule has 1 unspecified atom stereocenters. The summed E-state index contributed by atoms with van der Waals surface area (Å²) in [5.74, 6) is -1.29. The van der Waals surface area contributed by atoms with Crippen molar-refractivity contribution in [2.24, 2.45) is 5.73 Å². The number of carbonyl (C=O) groups excluding carboxylic acids is 1. The maximum atomic E-state index is 12.4. The molecule has 3 aromatic rings. The van der Waals surface area contributed by atoms with Crippen molar-refractivity contribution >= 4 is 22.8 Å². The lowest BCUT2D eigenvalue weighted by molar-refractivity contribution is -0.139. The molecule has 1 heterocycles. The van der Waals surface area contributed by atoms with E-state index in [1.54, 1.807) is 6.07 Å². The number of aromatic nitrogens is 1. The molecule has 1 aliphatic rings. The summed E-state index contributed by atoms with van der Waals surface area (Å²) >= 11 is 0. The van der Waals surface area contributed by atoms with E-state index in [-0.39, 0.29) is 5.91 Å². The van der Waals surface area contributed by atoms with Gasteiger partial charge in [-0.2, -0.15) is 0 Å². The van der Waals surface area contributed by atoms with Crippen LogP contribution in [0.2, 0.25) is 0 Å². The zero-order chi connectivity index (χ0) is 22.0. The minimum Gasteiger partial charge on any atom is -0.481 e. The van der Waals surface area contributed by atoms with E-state index in [4.69, 9.17) is 15.6 Å². The number of aryl methyl sites for hydroxylation is 1. The highest BCUT2D eigenvalue weighted by Gasteiger charge is 2.31. The van der Waals surface area contributed by atoms with Gasteiger partial charge in [0.05, 0.1) is 11.4 Å². The fourth-order valence-electron chi connectivity index (χ4n) is 4.83. The molecule has 6 heteroatoms. The number of ether oxygens (including phenoxy) is 1. The molecule has 0 radical (unpaired) electrons. The van der Waals surface area contributed by atoms with Crippen molar-refractivity contribution in [1.82, 2.24) is 4.57 Å². The second-order valence-corrected chi connectivity index (χ2v) is 8.10. The zero-order valence-electron chi connectivity index (χ0n) is 17.8. The molecule has 1 atom stereocenters. The number of carboxylic acids is 1. The standard InChI is InChI=1S/C25H28N2O4/c1-2-16-8-3-4-9-17(16)14-27-19-11-6-5-10-18(25(26)30)23(19)24-20(27)12-7-13-21(24)31-15-22(28)29/h3-4,7-9,12-13,18H,2,5-6,10-11,14-15H2,1H3,(H2,26,30)(H,28,29). The first kappa shape index (κ1) is 21.0. The second-order valence-electron chi connectivity index (χ2n) is 8.10. The SMILES string of the molecule is CCc1ccccc1Cn1c2c(c3c(OCC(=O)O)cccc31)C(C(N)=O)CCCC2. The number of hydrogen-bond acceptors (Lipinski definition) is 3. The Bertz CT molecular complexity index is 1130. The van der Waals surface area contributed by atoms with E-state index in [1.165, 1.54) is 11.1 Å². The van der Waals surface area contributed by atoms with Gasteiger partial charge in [-0.15, -0.1) is 0 Å². The number of hydrogen-bond donors (Lipinski definition) is 2. The highest BCUT2D eigenvalue weighted by Crippen LogP contribution is 2.42. The fraction of sp³-hybridized carbons (Fsp3) is 0.360. The molecular weight excluding hydrogens is 392 g/mol. The third-order valence-electron chi connectivity index (χ3n) is 6.23. The second kappa shape index (κ2) is 8.84. The van der Waals surface area contributed by atoms with Gasteiger partial charge in [0.2, 0.25) is 5.91 Å². The largest absolute Gasteiger partial charge is 0.481 e. The van der Waals surface area contributed by atoms with Crippen LogP contribution < -0.4 is 10.5 Å². The van der Waals surface area contributed by atoms with Crippen LogP contribution in [0.3, 0.4) is 0 Å². The molecule has 0 saturated heterocycles. The number of aliphatic carboxylic acids is 1. The molecule has 0 fully saturated rings. The maximum Gasteiger partial charge on any atom is 0.341 e. The molecule has 0 aliphatic heterocycles. The monoisotopic (exact) mass is 420 g/mol. The highest BCUT2D eigenvalue weighted by atomic mass is 16.5. The Hall–Kier alpha value is -3.28. The number of amides is 1. The van der Waals surface area contributed by atoms with Crippen LogP contribution in [0.15, 0.2) is 42.5 Å². The normalized spacial score (nSPS) is 16.0. The molecule has 1 aliphatic carbocycles. The molecule has 0 spiro atoms. The van der Waals surface area contributed by atoms with E-state index >= 15 is 0 Å². The van der Waals surface area contributed by atoms with Crippen LogP contribution >= 0.6 is 0 Å². The van der Waals surface area contributed by atoms with Crippen LogP contribution in [0.4, 0.5) is 0 Å². The third kappa shape index (κ3) is 4.02. The molecule has 162 valence electrons. The highest BCUT2D eigenvalue weighted by molar-refractivity contribution is 5.97. The smallest absolute Gasteiger partial charge is 0.341 e. The quantitative estimate of drug-likeness (QED) is 0.565. The summed E-state index contributed by atoms with van der Waals surface area (Å²) in [5, 5.41) is 9.94. The predicted molar refractivity (Wildman–Crippen MR) is 119 cm³/mol.